The first-order chi connectivity index (χ1) is 15.1. The average Bonchev–Trinajstić information content (AvgIpc) is 2.78. The molecule has 0 bridgehead atoms. The Labute approximate surface area is 182 Å². The van der Waals surface area contributed by atoms with Crippen LogP contribution in [0, 0.1) is 11.3 Å². The number of piperazine rings is 1. The maximum absolute atomic E-state index is 13.3. The summed E-state index contributed by atoms with van der Waals surface area (Å²) in [7, 11) is 1.51. The van der Waals surface area contributed by atoms with E-state index in [1.807, 2.05) is 0 Å². The van der Waals surface area contributed by atoms with E-state index >= 15 is 0 Å². The van der Waals surface area contributed by atoms with Gasteiger partial charge in [0.05, 0.1) is 24.3 Å². The number of rotatable bonds is 4. The number of nitrogens with one attached hydrogen (secondary N) is 1. The number of ether oxygens (including phenoxy) is 1. The summed E-state index contributed by atoms with van der Waals surface area (Å²) in [6.07, 6.45) is -4.70. The summed E-state index contributed by atoms with van der Waals surface area (Å²) >= 11 is 0. The second-order valence-corrected chi connectivity index (χ2v) is 7.06. The average molecular weight is 447 g/mol. The predicted molar refractivity (Wildman–Crippen MR) is 110 cm³/mol. The summed E-state index contributed by atoms with van der Waals surface area (Å²) in [5.41, 5.74) is 4.58. The third kappa shape index (κ3) is 4.85. The molecular formula is C21H20F3N5O3. The van der Waals surface area contributed by atoms with Gasteiger partial charge in [0.15, 0.2) is 0 Å². The van der Waals surface area contributed by atoms with Crippen LogP contribution in [0.2, 0.25) is 0 Å². The van der Waals surface area contributed by atoms with Crippen molar-refractivity contribution in [2.24, 2.45) is 5.73 Å². The molecule has 8 nitrogen and oxygen atoms in total. The molecule has 168 valence electrons. The summed E-state index contributed by atoms with van der Waals surface area (Å²) in [6, 6.07) is 9.79. The Morgan fingerprint density at radius 1 is 1.19 bits per heavy atom. The van der Waals surface area contributed by atoms with E-state index in [9.17, 15) is 22.8 Å². The number of amides is 3. The van der Waals surface area contributed by atoms with Gasteiger partial charge in [-0.2, -0.15) is 18.4 Å². The largest absolute Gasteiger partial charge is 0.497 e. The topological polar surface area (TPSA) is 112 Å². The number of halogens is 3. The summed E-state index contributed by atoms with van der Waals surface area (Å²) in [4.78, 5) is 27.5. The van der Waals surface area contributed by atoms with Crippen LogP contribution in [0.25, 0.3) is 0 Å². The Bertz CT molecular complexity index is 1050. The van der Waals surface area contributed by atoms with Gasteiger partial charge in [-0.25, -0.2) is 4.79 Å². The number of hydrogen-bond donors (Lipinski definition) is 2. The van der Waals surface area contributed by atoms with E-state index < -0.39 is 35.3 Å². The highest BCUT2D eigenvalue weighted by Gasteiger charge is 2.37. The standard InChI is InChI=1S/C21H20F3N5O3/c1-32-16-6-3-14(4-7-16)27-20(31)29-9-8-28(12-18(29)19(26)30)15-5-2-13(11-25)17(10-15)21(22,23)24/h2-7,10,18H,8-9,12H2,1H3,(H2,26,30)(H,27,31). The highest BCUT2D eigenvalue weighted by molar-refractivity contribution is 5.94. The van der Waals surface area contributed by atoms with Gasteiger partial charge in [0.1, 0.15) is 11.8 Å². The number of carbonyl (C=O) groups excluding carboxylic acids is 2. The molecule has 32 heavy (non-hydrogen) atoms. The number of urea groups is 1. The summed E-state index contributed by atoms with van der Waals surface area (Å²) in [5.74, 6) is -0.184. The molecule has 1 heterocycles. The van der Waals surface area contributed by atoms with E-state index in [1.54, 1.807) is 24.3 Å². The maximum atomic E-state index is 13.3. The van der Waals surface area contributed by atoms with Crippen molar-refractivity contribution in [2.75, 3.05) is 37.0 Å². The quantitative estimate of drug-likeness (QED) is 0.749. The molecular weight excluding hydrogens is 427 g/mol. The summed E-state index contributed by atoms with van der Waals surface area (Å²) in [5, 5.41) is 11.6. The minimum Gasteiger partial charge on any atom is -0.497 e. The van der Waals surface area contributed by atoms with Crippen LogP contribution in [0.3, 0.4) is 0 Å². The van der Waals surface area contributed by atoms with Crippen molar-refractivity contribution < 1.29 is 27.5 Å². The predicted octanol–water partition coefficient (Wildman–Crippen LogP) is 2.79. The van der Waals surface area contributed by atoms with Crippen molar-refractivity contribution in [2.45, 2.75) is 12.2 Å². The number of nitrogens with two attached hydrogens (primary N) is 1. The molecule has 1 fully saturated rings. The van der Waals surface area contributed by atoms with Gasteiger partial charge in [-0.3, -0.25) is 4.79 Å². The van der Waals surface area contributed by atoms with Crippen LogP contribution in [-0.2, 0) is 11.0 Å². The van der Waals surface area contributed by atoms with Gasteiger partial charge in [-0.05, 0) is 42.5 Å². The molecule has 0 aromatic heterocycles. The van der Waals surface area contributed by atoms with E-state index in [1.165, 1.54) is 29.0 Å². The number of anilines is 2. The monoisotopic (exact) mass is 447 g/mol. The Morgan fingerprint density at radius 2 is 1.88 bits per heavy atom. The number of methoxy groups -OCH3 is 1. The number of nitrogens with zero attached hydrogens (tertiary/aromatic N) is 3. The van der Waals surface area contributed by atoms with Gasteiger partial charge in [0.25, 0.3) is 0 Å². The lowest BCUT2D eigenvalue weighted by molar-refractivity contribution is -0.137. The van der Waals surface area contributed by atoms with E-state index in [0.29, 0.717) is 11.4 Å². The van der Waals surface area contributed by atoms with Crippen molar-refractivity contribution in [3.05, 3.63) is 53.6 Å². The van der Waals surface area contributed by atoms with Gasteiger partial charge < -0.3 is 25.6 Å². The summed E-state index contributed by atoms with van der Waals surface area (Å²) < 4.78 is 45.0. The summed E-state index contributed by atoms with van der Waals surface area (Å²) in [6.45, 7) is 0.133. The molecule has 0 spiro atoms. The third-order valence-electron chi connectivity index (χ3n) is 5.11. The van der Waals surface area contributed by atoms with Crippen LogP contribution >= 0.6 is 0 Å². The van der Waals surface area contributed by atoms with Gasteiger partial charge in [0, 0.05) is 31.0 Å². The number of carbonyl (C=O) groups is 2. The third-order valence-corrected chi connectivity index (χ3v) is 5.11. The molecule has 2 aromatic carbocycles. The molecule has 1 unspecified atom stereocenters. The maximum Gasteiger partial charge on any atom is 0.417 e. The molecule has 3 rings (SSSR count). The minimum absolute atomic E-state index is 0.0525. The molecule has 1 saturated heterocycles. The van der Waals surface area contributed by atoms with Gasteiger partial charge in [-0.1, -0.05) is 0 Å². The first-order valence-corrected chi connectivity index (χ1v) is 9.51. The highest BCUT2D eigenvalue weighted by Crippen LogP contribution is 2.35. The number of primary amides is 1. The van der Waals surface area contributed by atoms with Crippen LogP contribution in [0.4, 0.5) is 29.3 Å². The fourth-order valence-electron chi connectivity index (χ4n) is 3.43. The molecule has 1 aliphatic heterocycles. The zero-order chi connectivity index (χ0) is 23.5. The lowest BCUT2D eigenvalue weighted by Gasteiger charge is -2.41. The minimum atomic E-state index is -4.70. The fraction of sp³-hybridized carbons (Fsp3) is 0.286. The second kappa shape index (κ2) is 9.05. The van der Waals surface area contributed by atoms with Gasteiger partial charge in [0.2, 0.25) is 5.91 Å². The van der Waals surface area contributed by atoms with Crippen molar-refractivity contribution in [1.29, 1.82) is 5.26 Å². The van der Waals surface area contributed by atoms with E-state index in [2.05, 4.69) is 5.32 Å². The second-order valence-electron chi connectivity index (χ2n) is 7.06. The number of hydrogen-bond acceptors (Lipinski definition) is 5. The normalized spacial score (nSPS) is 16.3. The molecule has 0 saturated carbocycles. The highest BCUT2D eigenvalue weighted by atomic mass is 19.4. The molecule has 0 radical (unpaired) electrons. The van der Waals surface area contributed by atoms with Gasteiger partial charge in [-0.15, -0.1) is 0 Å². The molecule has 3 N–H and O–H groups in total. The number of nitriles is 1. The van der Waals surface area contributed by atoms with Crippen LogP contribution in [-0.4, -0.2) is 49.6 Å². The molecule has 1 atom stereocenters. The molecule has 1 aliphatic rings. The lowest BCUT2D eigenvalue weighted by Crippen LogP contribution is -2.60. The van der Waals surface area contributed by atoms with E-state index in [4.69, 9.17) is 15.7 Å². The molecule has 0 aliphatic carbocycles. The fourth-order valence-corrected chi connectivity index (χ4v) is 3.43. The Balaban J connectivity index is 1.78. The van der Waals surface area contributed by atoms with Crippen LogP contribution in [0.1, 0.15) is 11.1 Å². The zero-order valence-corrected chi connectivity index (χ0v) is 17.0. The lowest BCUT2D eigenvalue weighted by atomic mass is 10.0. The zero-order valence-electron chi connectivity index (χ0n) is 17.0. The van der Waals surface area contributed by atoms with Crippen molar-refractivity contribution in [3.63, 3.8) is 0 Å². The van der Waals surface area contributed by atoms with E-state index in [-0.39, 0.29) is 25.3 Å². The number of alkyl halides is 3. The molecule has 2 aromatic rings. The smallest absolute Gasteiger partial charge is 0.417 e. The van der Waals surface area contributed by atoms with Crippen LogP contribution in [0.15, 0.2) is 42.5 Å². The molecule has 11 heteroatoms. The Morgan fingerprint density at radius 3 is 2.44 bits per heavy atom. The number of benzene rings is 2. The first kappa shape index (κ1) is 22.7. The van der Waals surface area contributed by atoms with E-state index in [0.717, 1.165) is 12.1 Å². The van der Waals surface area contributed by atoms with Crippen molar-refractivity contribution >= 4 is 23.3 Å². The van der Waals surface area contributed by atoms with Crippen molar-refractivity contribution in [1.82, 2.24) is 4.90 Å². The van der Waals surface area contributed by atoms with Gasteiger partial charge >= 0.3 is 12.2 Å². The molecule has 3 amide bonds. The Hall–Kier alpha value is -3.94. The van der Waals surface area contributed by atoms with Crippen LogP contribution in [0.5, 0.6) is 5.75 Å². The Kier molecular flexibility index (Phi) is 6.43. The SMILES string of the molecule is COc1ccc(NC(=O)N2CCN(c3ccc(C#N)c(C(F)(F)F)c3)CC2C(N)=O)cc1. The van der Waals surface area contributed by atoms with Crippen LogP contribution < -0.4 is 20.7 Å². The van der Waals surface area contributed by atoms with Crippen molar-refractivity contribution in [3.8, 4) is 11.8 Å². The first-order valence-electron chi connectivity index (χ1n) is 9.51.